The van der Waals surface area contributed by atoms with Gasteiger partial charge in [0.2, 0.25) is 23.6 Å². The second-order valence-electron chi connectivity index (χ2n) is 19.8. The number of aliphatic carboxylic acids is 2. The highest BCUT2D eigenvalue weighted by Crippen LogP contribution is 2.32. The van der Waals surface area contributed by atoms with E-state index in [1.54, 1.807) is 43.5 Å². The number of likely N-dealkylation sites (N-methyl/N-ethyl adjacent to an activating group) is 1. The van der Waals surface area contributed by atoms with Crippen LogP contribution < -0.4 is 27.0 Å². The van der Waals surface area contributed by atoms with Gasteiger partial charge >= 0.3 is 11.9 Å². The maximum absolute atomic E-state index is 15.0. The van der Waals surface area contributed by atoms with Crippen LogP contribution in [0.5, 0.6) is 0 Å². The minimum atomic E-state index is -1.20. The second-order valence-corrected chi connectivity index (χ2v) is 20.7. The summed E-state index contributed by atoms with van der Waals surface area (Å²) in [6, 6.07) is 3.82. The van der Waals surface area contributed by atoms with Crippen molar-refractivity contribution in [3.05, 3.63) is 45.9 Å². The monoisotopic (exact) mass is 999 g/mol. The number of carboxylic acid groups (broad SMARTS) is 2. The molecule has 1 saturated heterocycles. The van der Waals surface area contributed by atoms with Gasteiger partial charge in [0.25, 0.3) is 5.91 Å². The Labute approximate surface area is 419 Å². The molecule has 1 aromatic heterocycles. The zero-order valence-electron chi connectivity index (χ0n) is 43.0. The highest BCUT2D eigenvalue weighted by Gasteiger charge is 2.39. The van der Waals surface area contributed by atoms with Crippen molar-refractivity contribution in [3.8, 4) is 0 Å². The van der Waals surface area contributed by atoms with E-state index in [1.807, 2.05) is 32.7 Å². The van der Waals surface area contributed by atoms with Crippen molar-refractivity contribution in [1.82, 2.24) is 30.7 Å². The van der Waals surface area contributed by atoms with E-state index in [1.165, 1.54) is 11.3 Å². The molecule has 0 bridgehead atoms. The minimum absolute atomic E-state index is 0.0116. The molecular formula is C51H82N8O10S. The summed E-state index contributed by atoms with van der Waals surface area (Å²) in [6.45, 7) is 16.8. The summed E-state index contributed by atoms with van der Waals surface area (Å²) in [6.07, 6.45) is 7.19. The van der Waals surface area contributed by atoms with Gasteiger partial charge in [-0.05, 0) is 102 Å². The van der Waals surface area contributed by atoms with Gasteiger partial charge in [-0.15, -0.1) is 11.3 Å². The average molecular weight is 999 g/mol. The minimum Gasteiger partial charge on any atom is -0.481 e. The van der Waals surface area contributed by atoms with Gasteiger partial charge in [0.1, 0.15) is 22.8 Å². The predicted octanol–water partition coefficient (Wildman–Crippen LogP) is 6.15. The molecule has 1 fully saturated rings. The van der Waals surface area contributed by atoms with Gasteiger partial charge in [0.05, 0.1) is 24.0 Å². The second kappa shape index (κ2) is 29.4. The highest BCUT2D eigenvalue weighted by atomic mass is 32.1. The molecule has 0 spiro atoms. The lowest BCUT2D eigenvalue weighted by atomic mass is 9.84. The molecule has 2 heterocycles. The fourth-order valence-electron chi connectivity index (χ4n) is 8.68. The van der Waals surface area contributed by atoms with E-state index in [0.717, 1.165) is 57.1 Å². The quantitative estimate of drug-likeness (QED) is 0.0419. The fraction of sp³-hybridized carbons (Fsp3) is 0.686. The third-order valence-corrected chi connectivity index (χ3v) is 14.2. The molecule has 18 nitrogen and oxygen atoms in total. The fourth-order valence-corrected chi connectivity index (χ4v) is 9.54. The standard InChI is InChI=1S/C51H82N8O10S/c1-10-13-14-16-26-59(49(66)44(33(6)11-2)57-47(65)39-18-15-17-25-58(39)9)40(32(4)5)28-41(69-12-3)48-56-38(31-70-48)46(64)55-36(29-51(7,8)50(67)68)27-34-19-21-35(22-20-34)54-42(60)30-53-45(63)37(52)23-24-43(61)62/h19-22,31-33,36-37,39-41,44H,10-18,23-30,52H2,1-9H3,(H,53,63)(H,54,60)(H,55,64)(H,57,65)(H,61,62)(H,67,68)/t33-,36-,37-,39+,40+,41+,44-/m0/s1. The molecule has 392 valence electrons. The summed E-state index contributed by atoms with van der Waals surface area (Å²) in [4.78, 5) is 99.4. The summed E-state index contributed by atoms with van der Waals surface area (Å²) in [7, 11) is 1.97. The molecule has 3 rings (SSSR count). The van der Waals surface area contributed by atoms with E-state index in [4.69, 9.17) is 20.6 Å². The van der Waals surface area contributed by atoms with Gasteiger partial charge in [0, 0.05) is 49.1 Å². The van der Waals surface area contributed by atoms with E-state index in [9.17, 15) is 38.7 Å². The number of carbonyl (C=O) groups is 7. The maximum Gasteiger partial charge on any atom is 0.309 e. The highest BCUT2D eigenvalue weighted by molar-refractivity contribution is 7.09. The SMILES string of the molecule is CCCCCCN(C(=O)[C@@H](NC(=O)[C@H]1CCCCN1C)[C@@H](C)CC)[C@H](C[C@@H](OCC)c1nc(C(=O)N[C@@H](Cc2ccc(NC(=O)CNC(=O)[C@@H](N)CCC(=O)O)cc2)CC(C)(C)C(=O)O)cs1)C(C)C. The van der Waals surface area contributed by atoms with Crippen LogP contribution in [0.4, 0.5) is 5.69 Å². The molecule has 1 aliphatic rings. The van der Waals surface area contributed by atoms with E-state index in [-0.39, 0.29) is 73.7 Å². The lowest BCUT2D eigenvalue weighted by molar-refractivity contribution is -0.147. The van der Waals surface area contributed by atoms with Gasteiger partial charge in [-0.1, -0.05) is 78.9 Å². The Hall–Kier alpha value is -4.98. The van der Waals surface area contributed by atoms with E-state index < -0.39 is 59.3 Å². The Morgan fingerprint density at radius 1 is 0.986 bits per heavy atom. The molecule has 0 saturated carbocycles. The van der Waals surface area contributed by atoms with Crippen molar-refractivity contribution < 1.29 is 48.5 Å². The Morgan fingerprint density at radius 3 is 2.29 bits per heavy atom. The number of carboxylic acids is 2. The number of thiazole rings is 1. The Kier molecular flexibility index (Phi) is 24.9. The van der Waals surface area contributed by atoms with Crippen LogP contribution in [0.3, 0.4) is 0 Å². The molecule has 70 heavy (non-hydrogen) atoms. The van der Waals surface area contributed by atoms with Crippen molar-refractivity contribution in [1.29, 1.82) is 0 Å². The van der Waals surface area contributed by atoms with Crippen LogP contribution >= 0.6 is 11.3 Å². The van der Waals surface area contributed by atoms with E-state index in [0.29, 0.717) is 36.7 Å². The van der Waals surface area contributed by atoms with Crippen molar-refractivity contribution in [2.24, 2.45) is 23.0 Å². The number of nitrogens with one attached hydrogen (secondary N) is 4. The first-order valence-electron chi connectivity index (χ1n) is 25.2. The Bertz CT molecular complexity index is 2010. The molecule has 1 aliphatic heterocycles. The number of carbonyl (C=O) groups excluding carboxylic acids is 5. The van der Waals surface area contributed by atoms with Crippen LogP contribution in [-0.2, 0) is 39.9 Å². The number of nitrogens with zero attached hydrogens (tertiary/aromatic N) is 3. The van der Waals surface area contributed by atoms with Crippen molar-refractivity contribution in [3.63, 3.8) is 0 Å². The molecular weight excluding hydrogens is 917 g/mol. The number of piperidine rings is 1. The topological polar surface area (TPSA) is 263 Å². The first-order chi connectivity index (χ1) is 33.1. The predicted molar refractivity (Wildman–Crippen MR) is 271 cm³/mol. The molecule has 0 radical (unpaired) electrons. The lowest BCUT2D eigenvalue weighted by Gasteiger charge is -2.40. The lowest BCUT2D eigenvalue weighted by Crippen LogP contribution is -2.59. The van der Waals surface area contributed by atoms with Gasteiger partial charge in [-0.25, -0.2) is 4.98 Å². The zero-order chi connectivity index (χ0) is 52.1. The van der Waals surface area contributed by atoms with Crippen LogP contribution in [0, 0.1) is 17.3 Å². The van der Waals surface area contributed by atoms with Gasteiger partial charge in [0.15, 0.2) is 0 Å². The summed E-state index contributed by atoms with van der Waals surface area (Å²) < 4.78 is 6.37. The van der Waals surface area contributed by atoms with Crippen LogP contribution in [0.25, 0.3) is 0 Å². The van der Waals surface area contributed by atoms with Gasteiger partial charge < -0.3 is 46.9 Å². The first-order valence-corrected chi connectivity index (χ1v) is 26.1. The van der Waals surface area contributed by atoms with E-state index in [2.05, 4.69) is 46.9 Å². The van der Waals surface area contributed by atoms with E-state index >= 15 is 0 Å². The summed E-state index contributed by atoms with van der Waals surface area (Å²) in [5, 5.41) is 32.4. The number of nitrogens with two attached hydrogens (primary N) is 1. The smallest absolute Gasteiger partial charge is 0.309 e. The molecule has 2 aromatic rings. The molecule has 19 heteroatoms. The van der Waals surface area contributed by atoms with Crippen LogP contribution in [0.15, 0.2) is 29.6 Å². The molecule has 8 N–H and O–H groups in total. The number of hydrogen-bond donors (Lipinski definition) is 7. The van der Waals surface area contributed by atoms with Crippen molar-refractivity contribution >= 4 is 58.5 Å². The summed E-state index contributed by atoms with van der Waals surface area (Å²) in [5.74, 6) is -4.06. The van der Waals surface area contributed by atoms with Crippen LogP contribution in [-0.4, -0.2) is 130 Å². The zero-order valence-corrected chi connectivity index (χ0v) is 43.8. The third-order valence-electron chi connectivity index (χ3n) is 13.2. The van der Waals surface area contributed by atoms with Gasteiger partial charge in [-0.2, -0.15) is 0 Å². The largest absolute Gasteiger partial charge is 0.481 e. The number of aromatic nitrogens is 1. The number of anilines is 1. The Morgan fingerprint density at radius 2 is 1.69 bits per heavy atom. The average Bonchev–Trinajstić information content (AvgIpc) is 3.81. The molecule has 7 atom stereocenters. The first kappa shape index (κ1) is 59.3. The Balaban J connectivity index is 1.83. The summed E-state index contributed by atoms with van der Waals surface area (Å²) in [5.41, 5.74) is 5.85. The number of unbranched alkanes of at least 4 members (excludes halogenated alkanes) is 3. The maximum atomic E-state index is 15.0. The van der Waals surface area contributed by atoms with Crippen molar-refractivity contribution in [2.75, 3.05) is 38.6 Å². The molecule has 0 unspecified atom stereocenters. The molecule has 1 aromatic carbocycles. The normalized spacial score (nSPS) is 16.8. The third kappa shape index (κ3) is 19.0. The van der Waals surface area contributed by atoms with Crippen LogP contribution in [0.2, 0.25) is 0 Å². The molecule has 5 amide bonds. The van der Waals surface area contributed by atoms with Gasteiger partial charge in [-0.3, -0.25) is 38.5 Å². The van der Waals surface area contributed by atoms with Crippen molar-refractivity contribution in [2.45, 2.75) is 175 Å². The number of likely N-dealkylation sites (tertiary alicyclic amines) is 1. The number of benzene rings is 1. The summed E-state index contributed by atoms with van der Waals surface area (Å²) >= 11 is 1.29. The number of ether oxygens (including phenoxy) is 1. The van der Waals surface area contributed by atoms with Crippen LogP contribution in [0.1, 0.15) is 160 Å². The molecule has 0 aliphatic carbocycles. The number of hydrogen-bond acceptors (Lipinski definition) is 12. The number of amides is 5. The number of rotatable bonds is 31.